The van der Waals surface area contributed by atoms with Gasteiger partial charge in [0.15, 0.2) is 0 Å². The van der Waals surface area contributed by atoms with Gasteiger partial charge in [-0.05, 0) is 12.8 Å². The lowest BCUT2D eigenvalue weighted by Crippen LogP contribution is -2.43. The van der Waals surface area contributed by atoms with Crippen molar-refractivity contribution in [3.63, 3.8) is 0 Å². The average molecular weight is 392 g/mol. The standard InChI is InChI=1S/C16H20N6O4S/c1-19-13(23)9(11-17-5-3-7-21(11)15(19)25)27-10-12-18-6-4-8-22(12)16(26)20(2)14(10)24/h17-18H,3-8H2,1-2H3. The highest BCUT2D eigenvalue weighted by Crippen LogP contribution is 2.33. The maximum Gasteiger partial charge on any atom is 0.332 e. The van der Waals surface area contributed by atoms with Gasteiger partial charge in [0.25, 0.3) is 11.1 Å². The molecule has 0 aromatic carbocycles. The zero-order valence-corrected chi connectivity index (χ0v) is 15.9. The molecule has 10 nitrogen and oxygen atoms in total. The molecule has 0 spiro atoms. The molecule has 0 radical (unpaired) electrons. The lowest BCUT2D eigenvalue weighted by molar-refractivity contribution is 0.545. The van der Waals surface area contributed by atoms with Gasteiger partial charge in [0.2, 0.25) is 0 Å². The molecule has 0 atom stereocenters. The van der Waals surface area contributed by atoms with Gasteiger partial charge in [0.05, 0.1) is 0 Å². The zero-order valence-electron chi connectivity index (χ0n) is 15.1. The summed E-state index contributed by atoms with van der Waals surface area (Å²) in [6, 6.07) is 0. The van der Waals surface area contributed by atoms with Crippen LogP contribution in [0.15, 0.2) is 29.0 Å². The van der Waals surface area contributed by atoms with Crippen molar-refractivity contribution in [1.82, 2.24) is 18.3 Å². The smallest absolute Gasteiger partial charge is 0.332 e. The van der Waals surface area contributed by atoms with Crippen LogP contribution in [0.5, 0.6) is 0 Å². The highest BCUT2D eigenvalue weighted by Gasteiger charge is 2.26. The molecule has 0 fully saturated rings. The van der Waals surface area contributed by atoms with Crippen LogP contribution in [0, 0.1) is 0 Å². The molecular formula is C16H20N6O4S. The topological polar surface area (TPSA) is 112 Å². The molecule has 0 unspecified atom stereocenters. The predicted molar refractivity (Wildman–Crippen MR) is 102 cm³/mol. The van der Waals surface area contributed by atoms with Crippen molar-refractivity contribution in [2.45, 2.75) is 35.7 Å². The maximum absolute atomic E-state index is 12.8. The molecule has 11 heteroatoms. The van der Waals surface area contributed by atoms with E-state index in [9.17, 15) is 19.2 Å². The molecule has 2 aliphatic rings. The summed E-state index contributed by atoms with van der Waals surface area (Å²) in [7, 11) is 2.86. The SMILES string of the molecule is Cn1c(=O)c(Sc2c3n(c(=O)n(C)c2=O)CCCN3)c2n(c1=O)CCCN2. The third-order valence-electron chi connectivity index (χ3n) is 4.91. The molecule has 2 aromatic heterocycles. The molecule has 0 aliphatic carbocycles. The van der Waals surface area contributed by atoms with Gasteiger partial charge in [-0.1, -0.05) is 11.8 Å². The van der Waals surface area contributed by atoms with E-state index in [0.717, 1.165) is 33.7 Å². The van der Waals surface area contributed by atoms with E-state index in [4.69, 9.17) is 0 Å². The van der Waals surface area contributed by atoms with Crippen LogP contribution >= 0.6 is 11.8 Å². The zero-order chi connectivity index (χ0) is 19.3. The van der Waals surface area contributed by atoms with Gasteiger partial charge in [-0.15, -0.1) is 0 Å². The van der Waals surface area contributed by atoms with Gasteiger partial charge >= 0.3 is 11.4 Å². The number of nitrogens with zero attached hydrogens (tertiary/aromatic N) is 4. The first-order valence-electron chi connectivity index (χ1n) is 8.75. The van der Waals surface area contributed by atoms with Crippen molar-refractivity contribution in [3.8, 4) is 0 Å². The fourth-order valence-corrected chi connectivity index (χ4v) is 4.63. The van der Waals surface area contributed by atoms with Crippen LogP contribution in [0.25, 0.3) is 0 Å². The summed E-state index contributed by atoms with van der Waals surface area (Å²) in [6.07, 6.45) is 1.54. The summed E-state index contributed by atoms with van der Waals surface area (Å²) < 4.78 is 5.15. The molecular weight excluding hydrogens is 372 g/mol. The lowest BCUT2D eigenvalue weighted by atomic mass is 10.3. The molecule has 27 heavy (non-hydrogen) atoms. The largest absolute Gasteiger partial charge is 0.370 e. The van der Waals surface area contributed by atoms with E-state index >= 15 is 0 Å². The van der Waals surface area contributed by atoms with Gasteiger partial charge in [-0.3, -0.25) is 27.9 Å². The van der Waals surface area contributed by atoms with Gasteiger partial charge in [0, 0.05) is 40.3 Å². The molecule has 4 rings (SSSR count). The number of hydrogen-bond acceptors (Lipinski definition) is 7. The summed E-state index contributed by atoms with van der Waals surface area (Å²) in [4.78, 5) is 50.9. The van der Waals surface area contributed by atoms with Crippen molar-refractivity contribution in [2.75, 3.05) is 23.7 Å². The van der Waals surface area contributed by atoms with Crippen molar-refractivity contribution in [1.29, 1.82) is 0 Å². The minimum Gasteiger partial charge on any atom is -0.370 e. The van der Waals surface area contributed by atoms with Crippen LogP contribution in [0.4, 0.5) is 11.6 Å². The molecule has 0 amide bonds. The van der Waals surface area contributed by atoms with Crippen LogP contribution in [-0.4, -0.2) is 31.4 Å². The Kier molecular flexibility index (Phi) is 4.25. The first kappa shape index (κ1) is 17.7. The Morgan fingerprint density at radius 1 is 0.741 bits per heavy atom. The second-order valence-electron chi connectivity index (χ2n) is 6.61. The quantitative estimate of drug-likeness (QED) is 0.687. The molecule has 2 N–H and O–H groups in total. The van der Waals surface area contributed by atoms with Crippen LogP contribution < -0.4 is 33.1 Å². The van der Waals surface area contributed by atoms with E-state index < -0.39 is 11.1 Å². The minimum atomic E-state index is -0.464. The fourth-order valence-electron chi connectivity index (χ4n) is 3.42. The van der Waals surface area contributed by atoms with Gasteiger partial charge in [-0.25, -0.2) is 9.59 Å². The number of rotatable bonds is 2. The first-order valence-corrected chi connectivity index (χ1v) is 9.56. The summed E-state index contributed by atoms with van der Waals surface area (Å²) in [6.45, 7) is 2.29. The van der Waals surface area contributed by atoms with Crippen LogP contribution in [0.2, 0.25) is 0 Å². The summed E-state index contributed by atoms with van der Waals surface area (Å²) in [5.41, 5.74) is -1.70. The number of anilines is 2. The second kappa shape index (κ2) is 6.48. The summed E-state index contributed by atoms with van der Waals surface area (Å²) in [5.74, 6) is 0.865. The van der Waals surface area contributed by atoms with E-state index in [0.29, 0.717) is 37.8 Å². The molecule has 2 aliphatic heterocycles. The fraction of sp³-hybridized carbons (Fsp3) is 0.500. The normalized spacial score (nSPS) is 15.5. The van der Waals surface area contributed by atoms with E-state index in [1.807, 2.05) is 0 Å². The highest BCUT2D eigenvalue weighted by molar-refractivity contribution is 7.99. The van der Waals surface area contributed by atoms with E-state index in [1.54, 1.807) is 0 Å². The van der Waals surface area contributed by atoms with E-state index in [1.165, 1.54) is 23.2 Å². The molecule has 4 heterocycles. The second-order valence-corrected chi connectivity index (χ2v) is 7.64. The lowest BCUT2D eigenvalue weighted by Gasteiger charge is -2.25. The number of nitrogens with one attached hydrogen (secondary N) is 2. The van der Waals surface area contributed by atoms with Crippen molar-refractivity contribution in [3.05, 3.63) is 41.7 Å². The molecule has 144 valence electrons. The minimum absolute atomic E-state index is 0.280. The van der Waals surface area contributed by atoms with Gasteiger partial charge in [0.1, 0.15) is 21.4 Å². The summed E-state index contributed by atoms with van der Waals surface area (Å²) >= 11 is 1.00. The Labute approximate surface area is 157 Å². The Morgan fingerprint density at radius 2 is 1.15 bits per heavy atom. The van der Waals surface area contributed by atoms with Crippen molar-refractivity contribution < 1.29 is 0 Å². The number of fused-ring (bicyclic) bond motifs is 2. The van der Waals surface area contributed by atoms with Gasteiger partial charge < -0.3 is 10.6 Å². The Bertz CT molecular complexity index is 1080. The summed E-state index contributed by atoms with van der Waals surface area (Å²) in [5, 5.41) is 6.23. The predicted octanol–water partition coefficient (Wildman–Crippen LogP) is -0.810. The van der Waals surface area contributed by atoms with Crippen LogP contribution in [-0.2, 0) is 27.2 Å². The molecule has 2 aromatic rings. The molecule has 0 saturated carbocycles. The third kappa shape index (κ3) is 2.64. The molecule has 0 saturated heterocycles. The highest BCUT2D eigenvalue weighted by atomic mass is 32.2. The van der Waals surface area contributed by atoms with Crippen molar-refractivity contribution in [2.24, 2.45) is 14.1 Å². The van der Waals surface area contributed by atoms with E-state index in [-0.39, 0.29) is 21.2 Å². The van der Waals surface area contributed by atoms with E-state index in [2.05, 4.69) is 10.6 Å². The first-order chi connectivity index (χ1) is 12.9. The Morgan fingerprint density at radius 3 is 1.56 bits per heavy atom. The van der Waals surface area contributed by atoms with Crippen molar-refractivity contribution >= 4 is 23.4 Å². The van der Waals surface area contributed by atoms with Crippen LogP contribution in [0.3, 0.4) is 0 Å². The maximum atomic E-state index is 12.8. The van der Waals surface area contributed by atoms with Crippen LogP contribution in [0.1, 0.15) is 12.8 Å². The number of hydrogen-bond donors (Lipinski definition) is 2. The Hall–Kier alpha value is -2.69. The average Bonchev–Trinajstić information content (AvgIpc) is 2.70. The third-order valence-corrected chi connectivity index (χ3v) is 6.05. The Balaban J connectivity index is 1.97. The monoisotopic (exact) mass is 392 g/mol. The van der Waals surface area contributed by atoms with Gasteiger partial charge in [-0.2, -0.15) is 0 Å². The molecule has 0 bridgehead atoms. The number of aromatic nitrogens is 4.